The number of aromatic amines is 1. The normalized spacial score (nSPS) is 16.6. The van der Waals surface area contributed by atoms with E-state index in [-0.39, 0.29) is 5.91 Å². The maximum atomic E-state index is 12.4. The highest BCUT2D eigenvalue weighted by molar-refractivity contribution is 6.31. The summed E-state index contributed by atoms with van der Waals surface area (Å²) in [5, 5.41) is 4.98. The second-order valence-corrected chi connectivity index (χ2v) is 6.79. The second kappa shape index (κ2) is 6.74. The van der Waals surface area contributed by atoms with E-state index in [4.69, 9.17) is 11.6 Å². The number of nitrogens with one attached hydrogen (secondary N) is 2. The van der Waals surface area contributed by atoms with Crippen LogP contribution in [0, 0.1) is 6.92 Å². The van der Waals surface area contributed by atoms with Crippen LogP contribution in [0.1, 0.15) is 49.8 Å². The monoisotopic (exact) mass is 318 g/mol. The third kappa shape index (κ3) is 3.46. The molecule has 0 saturated heterocycles. The summed E-state index contributed by atoms with van der Waals surface area (Å²) in [6.07, 6.45) is 7.70. The molecule has 0 radical (unpaired) electrons. The number of hydrogen-bond acceptors (Lipinski definition) is 1. The predicted octanol–water partition coefficient (Wildman–Crippen LogP) is 4.51. The summed E-state index contributed by atoms with van der Waals surface area (Å²) in [6, 6.07) is 6.13. The Labute approximate surface area is 136 Å². The lowest BCUT2D eigenvalue weighted by molar-refractivity contribution is -0.121. The third-order valence-corrected chi connectivity index (χ3v) is 4.87. The maximum absolute atomic E-state index is 12.4. The van der Waals surface area contributed by atoms with Gasteiger partial charge in [-0.05, 0) is 43.5 Å². The highest BCUT2D eigenvalue weighted by Crippen LogP contribution is 2.26. The average molecular weight is 319 g/mol. The van der Waals surface area contributed by atoms with E-state index in [1.165, 1.54) is 25.7 Å². The molecule has 1 amide bonds. The molecule has 4 heteroatoms. The predicted molar refractivity (Wildman–Crippen MR) is 91.4 cm³/mol. The Morgan fingerprint density at radius 3 is 2.73 bits per heavy atom. The van der Waals surface area contributed by atoms with Crippen molar-refractivity contribution >= 4 is 28.4 Å². The van der Waals surface area contributed by atoms with Gasteiger partial charge in [0.15, 0.2) is 0 Å². The summed E-state index contributed by atoms with van der Waals surface area (Å²) >= 11 is 6.10. The van der Waals surface area contributed by atoms with Gasteiger partial charge in [-0.25, -0.2) is 0 Å². The van der Waals surface area contributed by atoms with Crippen LogP contribution in [0.2, 0.25) is 5.02 Å². The summed E-state index contributed by atoms with van der Waals surface area (Å²) in [6.45, 7) is 2.02. The number of hydrogen-bond donors (Lipinski definition) is 2. The zero-order chi connectivity index (χ0) is 15.5. The molecule has 2 N–H and O–H groups in total. The van der Waals surface area contributed by atoms with E-state index in [0.29, 0.717) is 17.5 Å². The summed E-state index contributed by atoms with van der Waals surface area (Å²) in [5.41, 5.74) is 3.15. The molecular formula is C18H23ClN2O. The van der Waals surface area contributed by atoms with Gasteiger partial charge in [-0.1, -0.05) is 37.3 Å². The van der Waals surface area contributed by atoms with Crippen molar-refractivity contribution in [2.45, 2.75) is 57.9 Å². The fourth-order valence-corrected chi connectivity index (χ4v) is 3.62. The van der Waals surface area contributed by atoms with E-state index in [0.717, 1.165) is 35.0 Å². The van der Waals surface area contributed by atoms with E-state index in [9.17, 15) is 4.79 Å². The molecule has 118 valence electrons. The fourth-order valence-electron chi connectivity index (χ4n) is 3.45. The molecule has 1 saturated carbocycles. The smallest absolute Gasteiger partial charge is 0.224 e. The Hall–Kier alpha value is -1.48. The van der Waals surface area contributed by atoms with E-state index in [1.54, 1.807) is 0 Å². The van der Waals surface area contributed by atoms with E-state index >= 15 is 0 Å². The molecule has 3 rings (SSSR count). The maximum Gasteiger partial charge on any atom is 0.224 e. The number of fused-ring (bicyclic) bond motifs is 1. The highest BCUT2D eigenvalue weighted by atomic mass is 35.5. The molecule has 0 bridgehead atoms. The molecule has 1 aromatic heterocycles. The largest absolute Gasteiger partial charge is 0.358 e. The summed E-state index contributed by atoms with van der Waals surface area (Å²) in [5.74, 6) is 0.121. The Morgan fingerprint density at radius 1 is 1.27 bits per heavy atom. The standard InChI is InChI=1S/C18H23ClN2O/c1-12-15(16-10-13(19)8-9-17(16)20-12)11-18(22)21-14-6-4-2-3-5-7-14/h8-10,14,20H,2-7,11H2,1H3,(H,21,22). The van der Waals surface area contributed by atoms with Crippen molar-refractivity contribution in [2.24, 2.45) is 0 Å². The van der Waals surface area contributed by atoms with Crippen LogP contribution in [0.4, 0.5) is 0 Å². The first kappa shape index (κ1) is 15.4. The number of aryl methyl sites for hydroxylation is 1. The van der Waals surface area contributed by atoms with Gasteiger partial charge in [-0.15, -0.1) is 0 Å². The highest BCUT2D eigenvalue weighted by Gasteiger charge is 2.17. The molecule has 1 aliphatic carbocycles. The Bertz CT molecular complexity index is 669. The number of halogens is 1. The number of benzene rings is 1. The van der Waals surface area contributed by atoms with Gasteiger partial charge in [-0.2, -0.15) is 0 Å². The third-order valence-electron chi connectivity index (χ3n) is 4.64. The zero-order valence-corrected chi connectivity index (χ0v) is 13.8. The molecule has 3 nitrogen and oxygen atoms in total. The molecule has 0 aliphatic heterocycles. The van der Waals surface area contributed by atoms with Crippen LogP contribution in [0.3, 0.4) is 0 Å². The van der Waals surface area contributed by atoms with Crippen LogP contribution in [-0.2, 0) is 11.2 Å². The van der Waals surface area contributed by atoms with Gasteiger partial charge in [-0.3, -0.25) is 4.79 Å². The second-order valence-electron chi connectivity index (χ2n) is 6.35. The van der Waals surface area contributed by atoms with Crippen molar-refractivity contribution in [3.63, 3.8) is 0 Å². The quantitative estimate of drug-likeness (QED) is 0.803. The van der Waals surface area contributed by atoms with Crippen molar-refractivity contribution in [2.75, 3.05) is 0 Å². The first-order valence-electron chi connectivity index (χ1n) is 8.19. The van der Waals surface area contributed by atoms with Crippen LogP contribution < -0.4 is 5.32 Å². The van der Waals surface area contributed by atoms with Gasteiger partial charge in [0.05, 0.1) is 6.42 Å². The lowest BCUT2D eigenvalue weighted by atomic mass is 10.1. The summed E-state index contributed by atoms with van der Waals surface area (Å²) < 4.78 is 0. The minimum Gasteiger partial charge on any atom is -0.358 e. The van der Waals surface area contributed by atoms with Crippen molar-refractivity contribution < 1.29 is 4.79 Å². The number of rotatable bonds is 3. The van der Waals surface area contributed by atoms with Crippen molar-refractivity contribution in [1.29, 1.82) is 0 Å². The van der Waals surface area contributed by atoms with Gasteiger partial charge in [0.25, 0.3) is 0 Å². The van der Waals surface area contributed by atoms with Crippen molar-refractivity contribution in [1.82, 2.24) is 10.3 Å². The number of amides is 1. The molecule has 1 heterocycles. The Balaban J connectivity index is 1.73. The van der Waals surface area contributed by atoms with Crippen LogP contribution in [-0.4, -0.2) is 16.9 Å². The first-order chi connectivity index (χ1) is 10.6. The van der Waals surface area contributed by atoms with Crippen molar-refractivity contribution in [3.8, 4) is 0 Å². The molecule has 0 unspecified atom stereocenters. The molecule has 0 atom stereocenters. The topological polar surface area (TPSA) is 44.9 Å². The fraction of sp³-hybridized carbons (Fsp3) is 0.500. The Kier molecular flexibility index (Phi) is 4.72. The number of carbonyl (C=O) groups excluding carboxylic acids is 1. The van der Waals surface area contributed by atoms with Crippen LogP contribution >= 0.6 is 11.6 Å². The number of aromatic nitrogens is 1. The molecule has 2 aromatic rings. The van der Waals surface area contributed by atoms with Gasteiger partial charge in [0.1, 0.15) is 0 Å². The zero-order valence-electron chi connectivity index (χ0n) is 13.0. The van der Waals surface area contributed by atoms with Crippen LogP contribution in [0.5, 0.6) is 0 Å². The molecule has 1 fully saturated rings. The van der Waals surface area contributed by atoms with Gasteiger partial charge in [0, 0.05) is 27.7 Å². The lowest BCUT2D eigenvalue weighted by Gasteiger charge is -2.16. The minimum atomic E-state index is 0.121. The molecular weight excluding hydrogens is 296 g/mol. The van der Waals surface area contributed by atoms with E-state index < -0.39 is 0 Å². The Morgan fingerprint density at radius 2 is 2.00 bits per heavy atom. The lowest BCUT2D eigenvalue weighted by Crippen LogP contribution is -2.35. The van der Waals surface area contributed by atoms with Gasteiger partial charge < -0.3 is 10.3 Å². The molecule has 22 heavy (non-hydrogen) atoms. The molecule has 1 aliphatic rings. The summed E-state index contributed by atoms with van der Waals surface area (Å²) in [4.78, 5) is 15.7. The minimum absolute atomic E-state index is 0.121. The number of H-pyrrole nitrogens is 1. The SMILES string of the molecule is Cc1[nH]c2ccc(Cl)cc2c1CC(=O)NC1CCCCCC1. The van der Waals surface area contributed by atoms with Crippen LogP contribution in [0.15, 0.2) is 18.2 Å². The number of carbonyl (C=O) groups is 1. The average Bonchev–Trinajstić information content (AvgIpc) is 2.67. The van der Waals surface area contributed by atoms with Crippen molar-refractivity contribution in [3.05, 3.63) is 34.5 Å². The molecule has 0 spiro atoms. The van der Waals surface area contributed by atoms with Crippen LogP contribution in [0.25, 0.3) is 10.9 Å². The van der Waals surface area contributed by atoms with E-state index in [2.05, 4.69) is 10.3 Å². The summed E-state index contributed by atoms with van der Waals surface area (Å²) in [7, 11) is 0. The molecule has 1 aromatic carbocycles. The van der Waals surface area contributed by atoms with E-state index in [1.807, 2.05) is 25.1 Å². The van der Waals surface area contributed by atoms with Gasteiger partial charge in [0.2, 0.25) is 5.91 Å². The first-order valence-corrected chi connectivity index (χ1v) is 8.57. The van der Waals surface area contributed by atoms with Gasteiger partial charge >= 0.3 is 0 Å².